The molecule has 5 saturated carbocycles. The third-order valence-corrected chi connectivity index (χ3v) is 9.47. The molecule has 5 fully saturated rings. The zero-order chi connectivity index (χ0) is 16.9. The summed E-state index contributed by atoms with van der Waals surface area (Å²) in [5.41, 5.74) is -0.171. The number of Topliss-reactive ketones (excluding diaryl/α,β-unsaturated/α-hetero) is 1. The van der Waals surface area contributed by atoms with Crippen molar-refractivity contribution in [3.8, 4) is 0 Å². The van der Waals surface area contributed by atoms with E-state index in [1.807, 2.05) is 7.11 Å². The highest BCUT2D eigenvalue weighted by atomic mass is 16.5. The third-order valence-electron chi connectivity index (χ3n) is 9.47. The van der Waals surface area contributed by atoms with Crippen LogP contribution in [-0.4, -0.2) is 29.7 Å². The van der Waals surface area contributed by atoms with Gasteiger partial charge in [0.1, 0.15) is 5.78 Å². The number of carbonyl (C=O) groups is 1. The van der Waals surface area contributed by atoms with Gasteiger partial charge < -0.3 is 9.84 Å². The summed E-state index contributed by atoms with van der Waals surface area (Å²) in [6.07, 6.45) is 8.70. The largest absolute Gasteiger partial charge is 0.390 e. The van der Waals surface area contributed by atoms with E-state index >= 15 is 0 Å². The summed E-state index contributed by atoms with van der Waals surface area (Å²) in [7, 11) is 1.86. The minimum Gasteiger partial charge on any atom is -0.390 e. The molecule has 0 aromatic carbocycles. The van der Waals surface area contributed by atoms with Crippen LogP contribution in [0.3, 0.4) is 0 Å². The molecule has 5 rings (SSSR count). The zero-order valence-corrected chi connectivity index (χ0v) is 15.4. The summed E-state index contributed by atoms with van der Waals surface area (Å²) in [6.45, 7) is 4.72. The lowest BCUT2D eigenvalue weighted by Gasteiger charge is -2.61. The highest BCUT2D eigenvalue weighted by molar-refractivity contribution is 5.87. The van der Waals surface area contributed by atoms with Gasteiger partial charge in [0.15, 0.2) is 0 Å². The van der Waals surface area contributed by atoms with Gasteiger partial charge >= 0.3 is 0 Å². The summed E-state index contributed by atoms with van der Waals surface area (Å²) >= 11 is 0. The maximum Gasteiger partial charge on any atom is 0.139 e. The number of hydrogen-bond acceptors (Lipinski definition) is 3. The normalized spacial score (nSPS) is 61.6. The summed E-state index contributed by atoms with van der Waals surface area (Å²) in [5, 5.41) is 10.7. The molecule has 0 aromatic heterocycles. The third kappa shape index (κ3) is 1.79. The van der Waals surface area contributed by atoms with Crippen molar-refractivity contribution >= 4 is 5.78 Å². The quantitative estimate of drug-likeness (QED) is 0.798. The topological polar surface area (TPSA) is 46.5 Å². The molecule has 3 nitrogen and oxygen atoms in total. The van der Waals surface area contributed by atoms with Gasteiger partial charge in [-0.2, -0.15) is 0 Å². The second-order valence-electron chi connectivity index (χ2n) is 10.3. The Balaban J connectivity index is 1.53. The van der Waals surface area contributed by atoms with Gasteiger partial charge in [0.05, 0.1) is 11.7 Å². The molecule has 0 aromatic rings. The average molecular weight is 332 g/mol. The molecule has 0 radical (unpaired) electrons. The number of methoxy groups -OCH3 is 1. The van der Waals surface area contributed by atoms with Gasteiger partial charge in [0.25, 0.3) is 0 Å². The predicted octanol–water partition coefficient (Wildman–Crippen LogP) is 3.58. The van der Waals surface area contributed by atoms with Crippen molar-refractivity contribution in [3.63, 3.8) is 0 Å². The number of ketones is 1. The number of carbonyl (C=O) groups excluding carboxylic acids is 1. The molecule has 0 bridgehead atoms. The van der Waals surface area contributed by atoms with Crippen molar-refractivity contribution in [3.05, 3.63) is 0 Å². The minimum atomic E-state index is -0.327. The summed E-state index contributed by atoms with van der Waals surface area (Å²) in [4.78, 5) is 12.6. The molecule has 0 saturated heterocycles. The van der Waals surface area contributed by atoms with Gasteiger partial charge in [-0.1, -0.05) is 13.8 Å². The molecule has 0 amide bonds. The summed E-state index contributed by atoms with van der Waals surface area (Å²) in [5.74, 6) is 3.44. The van der Waals surface area contributed by atoms with E-state index in [2.05, 4.69) is 13.8 Å². The van der Waals surface area contributed by atoms with Crippen LogP contribution in [0.5, 0.6) is 0 Å². The number of rotatable bonds is 1. The Bertz CT molecular complexity index is 588. The van der Waals surface area contributed by atoms with Crippen molar-refractivity contribution in [1.29, 1.82) is 0 Å². The number of hydrogen-bond donors (Lipinski definition) is 1. The second-order valence-corrected chi connectivity index (χ2v) is 10.3. The lowest BCUT2D eigenvalue weighted by atomic mass is 9.44. The van der Waals surface area contributed by atoms with E-state index in [1.165, 1.54) is 19.3 Å². The maximum absolute atomic E-state index is 12.6. The Morgan fingerprint density at radius 1 is 1.04 bits per heavy atom. The van der Waals surface area contributed by atoms with E-state index in [1.54, 1.807) is 0 Å². The van der Waals surface area contributed by atoms with E-state index in [0.29, 0.717) is 40.8 Å². The molecular formula is C21H32O3. The lowest BCUT2D eigenvalue weighted by molar-refractivity contribution is -0.183. The van der Waals surface area contributed by atoms with Crippen molar-refractivity contribution in [2.45, 2.75) is 76.9 Å². The van der Waals surface area contributed by atoms with E-state index < -0.39 is 0 Å². The second kappa shape index (κ2) is 4.65. The molecule has 5 aliphatic rings. The fourth-order valence-corrected chi connectivity index (χ4v) is 8.12. The molecule has 3 heteroatoms. The summed E-state index contributed by atoms with van der Waals surface area (Å²) < 4.78 is 6.06. The van der Waals surface area contributed by atoms with Crippen LogP contribution in [0.15, 0.2) is 0 Å². The highest BCUT2D eigenvalue weighted by Gasteiger charge is 2.69. The number of ether oxygens (including phenoxy) is 1. The zero-order valence-electron chi connectivity index (χ0n) is 15.4. The van der Waals surface area contributed by atoms with Crippen LogP contribution >= 0.6 is 0 Å². The Morgan fingerprint density at radius 3 is 2.54 bits per heavy atom. The molecular weight excluding hydrogens is 300 g/mol. The Labute approximate surface area is 145 Å². The Kier molecular flexibility index (Phi) is 3.06. The Morgan fingerprint density at radius 2 is 1.79 bits per heavy atom. The molecule has 0 aliphatic heterocycles. The van der Waals surface area contributed by atoms with Gasteiger partial charge in [0.2, 0.25) is 0 Å². The monoisotopic (exact) mass is 332 g/mol. The van der Waals surface area contributed by atoms with E-state index in [9.17, 15) is 9.90 Å². The first-order valence-electron chi connectivity index (χ1n) is 10.1. The van der Waals surface area contributed by atoms with Crippen molar-refractivity contribution in [2.75, 3.05) is 7.11 Å². The van der Waals surface area contributed by atoms with Gasteiger partial charge in [-0.3, -0.25) is 4.79 Å². The smallest absolute Gasteiger partial charge is 0.139 e. The maximum atomic E-state index is 12.6. The van der Waals surface area contributed by atoms with E-state index in [-0.39, 0.29) is 17.1 Å². The fraction of sp³-hybridized carbons (Fsp3) is 0.952. The lowest BCUT2D eigenvalue weighted by Crippen LogP contribution is -2.59. The number of aliphatic hydroxyl groups is 1. The molecule has 0 spiro atoms. The Hall–Kier alpha value is -0.410. The molecule has 134 valence electrons. The van der Waals surface area contributed by atoms with Crippen molar-refractivity contribution in [1.82, 2.24) is 0 Å². The van der Waals surface area contributed by atoms with Crippen LogP contribution in [0.2, 0.25) is 0 Å². The average Bonchev–Trinajstić information content (AvgIpc) is 3.08. The van der Waals surface area contributed by atoms with Crippen LogP contribution in [0.25, 0.3) is 0 Å². The first kappa shape index (κ1) is 15.8. The summed E-state index contributed by atoms with van der Waals surface area (Å²) in [6, 6.07) is 0. The van der Waals surface area contributed by atoms with Crippen molar-refractivity contribution in [2.24, 2.45) is 40.4 Å². The van der Waals surface area contributed by atoms with Crippen LogP contribution in [0.4, 0.5) is 0 Å². The van der Waals surface area contributed by atoms with Crippen LogP contribution in [0, 0.1) is 40.4 Å². The predicted molar refractivity (Wildman–Crippen MR) is 91.4 cm³/mol. The number of fused-ring (bicyclic) bond motifs is 6. The van der Waals surface area contributed by atoms with Crippen LogP contribution in [-0.2, 0) is 9.53 Å². The standard InChI is InChI=1S/C21H32O3/c1-19-8-13-10-21(13,23)9-12(19)4-5-14-15-6-7-17(22)20(15,2)11-16(24-3)18(14)19/h12-16,18,23H,4-11H2,1-3H3/t12-,13-,14-,15-,16-,18+,19-,20-,21+/m0/s1. The minimum absolute atomic E-state index is 0.139. The van der Waals surface area contributed by atoms with Crippen molar-refractivity contribution < 1.29 is 14.6 Å². The van der Waals surface area contributed by atoms with E-state index in [4.69, 9.17) is 4.74 Å². The SMILES string of the molecule is CO[C@H]1C[C@]2(C)C(=O)CC[C@H]2[C@@H]2CC[C@H]3C[C@@]4(O)C[C@@H]4C[C@]3(C)[C@H]21. The van der Waals surface area contributed by atoms with Crippen LogP contribution in [0.1, 0.15) is 65.2 Å². The molecule has 1 N–H and O–H groups in total. The molecule has 9 atom stereocenters. The molecule has 0 unspecified atom stereocenters. The highest BCUT2D eigenvalue weighted by Crippen LogP contribution is 2.71. The fourth-order valence-electron chi connectivity index (χ4n) is 8.12. The first-order chi connectivity index (χ1) is 11.3. The van der Waals surface area contributed by atoms with Gasteiger partial charge in [0, 0.05) is 18.9 Å². The van der Waals surface area contributed by atoms with Gasteiger partial charge in [-0.25, -0.2) is 0 Å². The van der Waals surface area contributed by atoms with Gasteiger partial charge in [-0.05, 0) is 80.0 Å². The van der Waals surface area contributed by atoms with Crippen LogP contribution < -0.4 is 0 Å². The molecule has 24 heavy (non-hydrogen) atoms. The van der Waals surface area contributed by atoms with E-state index in [0.717, 1.165) is 32.1 Å². The molecule has 0 heterocycles. The molecule has 5 aliphatic carbocycles. The van der Waals surface area contributed by atoms with Gasteiger partial charge in [-0.15, -0.1) is 0 Å². The first-order valence-corrected chi connectivity index (χ1v) is 10.1.